The van der Waals surface area contributed by atoms with Gasteiger partial charge in [-0.3, -0.25) is 4.68 Å². The van der Waals surface area contributed by atoms with Gasteiger partial charge in [0.1, 0.15) is 5.82 Å². The van der Waals surface area contributed by atoms with Crippen molar-refractivity contribution in [3.63, 3.8) is 0 Å². The predicted molar refractivity (Wildman–Crippen MR) is 145 cm³/mol. The van der Waals surface area contributed by atoms with Gasteiger partial charge < -0.3 is 15.5 Å². The summed E-state index contributed by atoms with van der Waals surface area (Å²) in [6, 6.07) is 12.5. The maximum Gasteiger partial charge on any atom is 0.229 e. The highest BCUT2D eigenvalue weighted by Crippen LogP contribution is 2.34. The highest BCUT2D eigenvalue weighted by Gasteiger charge is 2.19. The molecule has 0 bridgehead atoms. The Kier molecular flexibility index (Phi) is 5.82. The van der Waals surface area contributed by atoms with Crippen LogP contribution in [0.5, 0.6) is 0 Å². The zero-order valence-electron chi connectivity index (χ0n) is 20.2. The minimum atomic E-state index is 0.499. The maximum atomic E-state index is 4.79. The lowest BCUT2D eigenvalue weighted by Gasteiger charge is -2.32. The molecular weight excluding hydrogens is 434 g/mol. The van der Waals surface area contributed by atoms with Gasteiger partial charge in [0.25, 0.3) is 0 Å². The summed E-state index contributed by atoms with van der Waals surface area (Å²) < 4.78 is 1.85. The Bertz CT molecular complexity index is 1460. The second-order valence-corrected chi connectivity index (χ2v) is 8.82. The van der Waals surface area contributed by atoms with Crippen LogP contribution in [0, 0.1) is 0 Å². The minimum Gasteiger partial charge on any atom is -0.342 e. The van der Waals surface area contributed by atoms with E-state index in [-0.39, 0.29) is 0 Å². The summed E-state index contributed by atoms with van der Waals surface area (Å²) in [6.07, 6.45) is 7.60. The summed E-state index contributed by atoms with van der Waals surface area (Å²) in [4.78, 5) is 11.5. The fourth-order valence-corrected chi connectivity index (χ4v) is 4.40. The molecule has 0 atom stereocenters. The summed E-state index contributed by atoms with van der Waals surface area (Å²) in [5, 5.41) is 12.2. The number of nitrogens with one attached hydrogen (secondary N) is 2. The minimum absolute atomic E-state index is 0.499. The number of aromatic nitrogens is 4. The molecule has 4 aromatic rings. The van der Waals surface area contributed by atoms with Gasteiger partial charge in [0.05, 0.1) is 11.7 Å². The first-order chi connectivity index (χ1) is 16.9. The highest BCUT2D eigenvalue weighted by molar-refractivity contribution is 5.83. The molecule has 0 spiro atoms. The van der Waals surface area contributed by atoms with Gasteiger partial charge in [-0.15, -0.1) is 0 Å². The number of aryl methyl sites for hydroxylation is 2. The van der Waals surface area contributed by atoms with Crippen molar-refractivity contribution in [1.82, 2.24) is 19.7 Å². The van der Waals surface area contributed by atoms with Crippen LogP contribution < -0.4 is 15.5 Å². The summed E-state index contributed by atoms with van der Waals surface area (Å²) >= 11 is 0. The number of allylic oxidation sites excluding steroid dienone is 2. The van der Waals surface area contributed by atoms with Gasteiger partial charge in [0.15, 0.2) is 0 Å². The number of anilines is 5. The largest absolute Gasteiger partial charge is 0.342 e. The second-order valence-electron chi connectivity index (χ2n) is 8.82. The van der Waals surface area contributed by atoms with Crippen molar-refractivity contribution in [3.8, 4) is 0 Å². The van der Waals surface area contributed by atoms with Crippen molar-refractivity contribution in [1.29, 1.82) is 0 Å². The molecule has 176 valence electrons. The average molecular weight is 464 g/mol. The number of hydrogen-bond donors (Lipinski definition) is 2. The molecule has 0 radical (unpaired) electrons. The lowest BCUT2D eigenvalue weighted by atomic mass is 10.0. The zero-order chi connectivity index (χ0) is 24.5. The van der Waals surface area contributed by atoms with Crippen LogP contribution in [-0.4, -0.2) is 26.3 Å². The van der Waals surface area contributed by atoms with Crippen LogP contribution in [-0.2, 0) is 13.5 Å². The van der Waals surface area contributed by atoms with Crippen LogP contribution >= 0.6 is 0 Å². The Morgan fingerprint density at radius 2 is 1.86 bits per heavy atom. The molecule has 2 N–H and O–H groups in total. The number of rotatable bonds is 7. The van der Waals surface area contributed by atoms with Gasteiger partial charge in [-0.05, 0) is 67.3 Å². The summed E-state index contributed by atoms with van der Waals surface area (Å²) in [5.74, 6) is 1.19. The van der Waals surface area contributed by atoms with Crippen molar-refractivity contribution < 1.29 is 0 Å². The second kappa shape index (κ2) is 9.10. The molecule has 0 saturated carbocycles. The molecule has 2 aromatic carbocycles. The quantitative estimate of drug-likeness (QED) is 0.312. The van der Waals surface area contributed by atoms with Crippen LogP contribution in [0.3, 0.4) is 0 Å². The van der Waals surface area contributed by atoms with Crippen LogP contribution in [0.1, 0.15) is 24.5 Å². The third-order valence-electron chi connectivity index (χ3n) is 6.30. The summed E-state index contributed by atoms with van der Waals surface area (Å²) in [6.45, 7) is 15.1. The van der Waals surface area contributed by atoms with E-state index < -0.39 is 0 Å². The van der Waals surface area contributed by atoms with Gasteiger partial charge in [-0.1, -0.05) is 25.8 Å². The van der Waals surface area contributed by atoms with Crippen LogP contribution in [0.25, 0.3) is 16.5 Å². The zero-order valence-corrected chi connectivity index (χ0v) is 20.2. The van der Waals surface area contributed by atoms with Crippen molar-refractivity contribution in [2.24, 2.45) is 7.05 Å². The van der Waals surface area contributed by atoms with Crippen molar-refractivity contribution in [3.05, 3.63) is 91.4 Å². The van der Waals surface area contributed by atoms with E-state index in [9.17, 15) is 0 Å². The standard InChI is InChI=1S/C28H29N7/c1-6-19(4)35-13-7-8-20-9-11-22(15-26(20)35)31-27-24(18(2)3)17-29-28(33-27)32-23-12-10-21-16-30-34(5)25(21)14-23/h6,9-12,14-17H,1-2,4,7-8,13H2,3,5H3,(H2,29,31,32,33). The van der Waals surface area contributed by atoms with E-state index in [2.05, 4.69) is 63.6 Å². The molecule has 0 aliphatic carbocycles. The fourth-order valence-electron chi connectivity index (χ4n) is 4.40. The van der Waals surface area contributed by atoms with Gasteiger partial charge in [0.2, 0.25) is 5.95 Å². The first kappa shape index (κ1) is 22.4. The van der Waals surface area contributed by atoms with Crippen molar-refractivity contribution in [2.45, 2.75) is 19.8 Å². The molecule has 35 heavy (non-hydrogen) atoms. The van der Waals surface area contributed by atoms with Crippen molar-refractivity contribution >= 4 is 45.3 Å². The van der Waals surface area contributed by atoms with Crippen LogP contribution in [0.2, 0.25) is 0 Å². The van der Waals surface area contributed by atoms with Crippen molar-refractivity contribution in [2.75, 3.05) is 22.1 Å². The monoisotopic (exact) mass is 463 g/mol. The predicted octanol–water partition coefficient (Wildman–Crippen LogP) is 6.34. The summed E-state index contributed by atoms with van der Waals surface area (Å²) in [5.41, 5.74) is 7.98. The topological polar surface area (TPSA) is 70.9 Å². The van der Waals surface area contributed by atoms with E-state index in [1.54, 1.807) is 12.3 Å². The van der Waals surface area contributed by atoms with E-state index in [0.29, 0.717) is 11.8 Å². The molecule has 0 saturated heterocycles. The fraction of sp³-hybridized carbons (Fsp3) is 0.179. The molecular formula is C28H29N7. The van der Waals surface area contributed by atoms with Gasteiger partial charge in [-0.2, -0.15) is 10.1 Å². The first-order valence-electron chi connectivity index (χ1n) is 11.6. The Hall–Kier alpha value is -4.39. The molecule has 1 aliphatic rings. The third-order valence-corrected chi connectivity index (χ3v) is 6.30. The van der Waals surface area contributed by atoms with Gasteiger partial charge in [-0.25, -0.2) is 4.98 Å². The Morgan fingerprint density at radius 1 is 1.06 bits per heavy atom. The molecule has 0 fully saturated rings. The normalized spacial score (nSPS) is 12.8. The van der Waals surface area contributed by atoms with E-state index in [1.807, 2.05) is 43.0 Å². The number of benzene rings is 2. The molecule has 0 amide bonds. The molecule has 5 rings (SSSR count). The first-order valence-corrected chi connectivity index (χ1v) is 11.6. The average Bonchev–Trinajstić information content (AvgIpc) is 3.23. The molecule has 7 nitrogen and oxygen atoms in total. The molecule has 7 heteroatoms. The smallest absolute Gasteiger partial charge is 0.229 e. The lowest BCUT2D eigenvalue weighted by molar-refractivity contribution is 0.752. The highest BCUT2D eigenvalue weighted by atomic mass is 15.2. The number of fused-ring (bicyclic) bond motifs is 2. The Labute approximate surface area is 205 Å². The van der Waals surface area contributed by atoms with E-state index in [0.717, 1.165) is 64.2 Å². The molecule has 3 heterocycles. The van der Waals surface area contributed by atoms with E-state index in [1.165, 1.54) is 5.56 Å². The van der Waals surface area contributed by atoms with Crippen LogP contribution in [0.4, 0.5) is 28.8 Å². The Morgan fingerprint density at radius 3 is 2.66 bits per heavy atom. The Balaban J connectivity index is 1.46. The molecule has 1 aliphatic heterocycles. The van der Waals surface area contributed by atoms with Gasteiger partial charge >= 0.3 is 0 Å². The van der Waals surface area contributed by atoms with Crippen LogP contribution in [0.15, 0.2) is 80.3 Å². The maximum absolute atomic E-state index is 4.79. The number of nitrogens with zero attached hydrogens (tertiary/aromatic N) is 5. The third kappa shape index (κ3) is 4.40. The number of hydrogen-bond acceptors (Lipinski definition) is 6. The SMILES string of the molecule is C=CC(=C)N1CCCc2ccc(Nc3nc(Nc4ccc5cnn(C)c5c4)ncc3C(=C)C)cc21. The van der Waals surface area contributed by atoms with Gasteiger partial charge in [0, 0.05) is 53.5 Å². The summed E-state index contributed by atoms with van der Waals surface area (Å²) in [7, 11) is 1.93. The van der Waals surface area contributed by atoms with E-state index in [4.69, 9.17) is 4.98 Å². The lowest BCUT2D eigenvalue weighted by Crippen LogP contribution is -2.27. The molecule has 0 unspecified atom stereocenters. The van der Waals surface area contributed by atoms with E-state index >= 15 is 0 Å². The molecule has 2 aromatic heterocycles.